The van der Waals surface area contributed by atoms with Gasteiger partial charge < -0.3 is 15.3 Å². The highest BCUT2D eigenvalue weighted by atomic mass is 16.3. The summed E-state index contributed by atoms with van der Waals surface area (Å²) in [5.74, 6) is -0.724. The van der Waals surface area contributed by atoms with Crippen LogP contribution < -0.4 is 5.32 Å². The van der Waals surface area contributed by atoms with Crippen LogP contribution in [0.2, 0.25) is 0 Å². The van der Waals surface area contributed by atoms with Crippen LogP contribution in [0.3, 0.4) is 0 Å². The van der Waals surface area contributed by atoms with Crippen LogP contribution in [0.4, 0.5) is 0 Å². The maximum Gasteiger partial charge on any atom is 0.255 e. The predicted molar refractivity (Wildman–Crippen MR) is 63.8 cm³/mol. The second kappa shape index (κ2) is 5.89. The van der Waals surface area contributed by atoms with Crippen LogP contribution in [0, 0.1) is 0 Å². The van der Waals surface area contributed by atoms with E-state index in [1.165, 1.54) is 17.0 Å². The standard InChI is InChI=1S/C12H16N2O3/c1-3-14(2)11(16)8-13-12(17)9-6-4-5-7-10(9)15/h4-7,15H,3,8H2,1-2H3,(H,13,17). The van der Waals surface area contributed by atoms with Crippen molar-refractivity contribution in [2.75, 3.05) is 20.1 Å². The Kier molecular flexibility index (Phi) is 4.51. The quantitative estimate of drug-likeness (QED) is 0.804. The number of carbonyl (C=O) groups excluding carboxylic acids is 2. The number of hydrogen-bond acceptors (Lipinski definition) is 3. The molecule has 0 aliphatic carbocycles. The van der Waals surface area contributed by atoms with Crippen LogP contribution in [-0.2, 0) is 4.79 Å². The van der Waals surface area contributed by atoms with E-state index in [0.29, 0.717) is 6.54 Å². The molecule has 0 fully saturated rings. The fourth-order valence-electron chi connectivity index (χ4n) is 1.23. The minimum absolute atomic E-state index is 0.0719. The van der Waals surface area contributed by atoms with Gasteiger partial charge in [-0.3, -0.25) is 9.59 Å². The summed E-state index contributed by atoms with van der Waals surface area (Å²) in [6.45, 7) is 2.37. The van der Waals surface area contributed by atoms with Gasteiger partial charge in [-0.15, -0.1) is 0 Å². The highest BCUT2D eigenvalue weighted by Gasteiger charge is 2.12. The first-order valence-corrected chi connectivity index (χ1v) is 5.36. The van der Waals surface area contributed by atoms with Crippen molar-refractivity contribution in [1.29, 1.82) is 0 Å². The minimum atomic E-state index is -0.457. The fraction of sp³-hybridized carbons (Fsp3) is 0.333. The fourth-order valence-corrected chi connectivity index (χ4v) is 1.23. The molecule has 1 aromatic carbocycles. The second-order valence-corrected chi connectivity index (χ2v) is 3.61. The highest BCUT2D eigenvalue weighted by Crippen LogP contribution is 2.14. The average molecular weight is 236 g/mol. The first-order valence-electron chi connectivity index (χ1n) is 5.36. The van der Waals surface area contributed by atoms with E-state index < -0.39 is 5.91 Å². The van der Waals surface area contributed by atoms with Crippen molar-refractivity contribution in [2.24, 2.45) is 0 Å². The molecule has 0 spiro atoms. The van der Waals surface area contributed by atoms with Crippen molar-refractivity contribution < 1.29 is 14.7 Å². The lowest BCUT2D eigenvalue weighted by Crippen LogP contribution is -2.37. The molecule has 5 heteroatoms. The van der Waals surface area contributed by atoms with Gasteiger partial charge in [-0.1, -0.05) is 12.1 Å². The molecular weight excluding hydrogens is 220 g/mol. The summed E-state index contributed by atoms with van der Waals surface area (Å²) in [6, 6.07) is 6.20. The molecule has 92 valence electrons. The van der Waals surface area contributed by atoms with Crippen LogP contribution >= 0.6 is 0 Å². The summed E-state index contributed by atoms with van der Waals surface area (Å²) in [7, 11) is 1.66. The molecule has 0 heterocycles. The summed E-state index contributed by atoms with van der Waals surface area (Å²) in [5, 5.41) is 11.9. The highest BCUT2D eigenvalue weighted by molar-refractivity contribution is 5.98. The predicted octanol–water partition coefficient (Wildman–Crippen LogP) is 0.600. The third kappa shape index (κ3) is 3.48. The number of para-hydroxylation sites is 1. The van der Waals surface area contributed by atoms with Gasteiger partial charge in [0.2, 0.25) is 5.91 Å². The van der Waals surface area contributed by atoms with Crippen molar-refractivity contribution in [3.8, 4) is 5.75 Å². The number of nitrogens with one attached hydrogen (secondary N) is 1. The zero-order chi connectivity index (χ0) is 12.8. The number of phenols is 1. The first-order chi connectivity index (χ1) is 8.06. The smallest absolute Gasteiger partial charge is 0.255 e. The van der Waals surface area contributed by atoms with Crippen molar-refractivity contribution in [2.45, 2.75) is 6.92 Å². The summed E-state index contributed by atoms with van der Waals surface area (Å²) < 4.78 is 0. The van der Waals surface area contributed by atoms with E-state index in [4.69, 9.17) is 0 Å². The summed E-state index contributed by atoms with van der Waals surface area (Å²) in [6.07, 6.45) is 0. The SMILES string of the molecule is CCN(C)C(=O)CNC(=O)c1ccccc1O. The Bertz CT molecular complexity index is 418. The van der Waals surface area contributed by atoms with Crippen molar-refractivity contribution in [1.82, 2.24) is 10.2 Å². The third-order valence-electron chi connectivity index (χ3n) is 2.45. The molecule has 0 unspecified atom stereocenters. The molecule has 0 bridgehead atoms. The Morgan fingerprint density at radius 2 is 2.00 bits per heavy atom. The van der Waals surface area contributed by atoms with E-state index in [1.54, 1.807) is 19.2 Å². The van der Waals surface area contributed by atoms with E-state index in [-0.39, 0.29) is 23.8 Å². The van der Waals surface area contributed by atoms with Crippen molar-refractivity contribution >= 4 is 11.8 Å². The van der Waals surface area contributed by atoms with Crippen LogP contribution in [0.15, 0.2) is 24.3 Å². The molecule has 0 aromatic heterocycles. The zero-order valence-corrected chi connectivity index (χ0v) is 9.93. The lowest BCUT2D eigenvalue weighted by molar-refractivity contribution is -0.128. The lowest BCUT2D eigenvalue weighted by atomic mass is 10.2. The van der Waals surface area contributed by atoms with Gasteiger partial charge in [-0.25, -0.2) is 0 Å². The maximum atomic E-state index is 11.6. The van der Waals surface area contributed by atoms with E-state index in [0.717, 1.165) is 0 Å². The third-order valence-corrected chi connectivity index (χ3v) is 2.45. The number of benzene rings is 1. The van der Waals surface area contributed by atoms with E-state index in [9.17, 15) is 14.7 Å². The Morgan fingerprint density at radius 1 is 1.35 bits per heavy atom. The van der Waals surface area contributed by atoms with Gasteiger partial charge >= 0.3 is 0 Å². The average Bonchev–Trinajstić information content (AvgIpc) is 2.35. The van der Waals surface area contributed by atoms with Gasteiger partial charge in [0.1, 0.15) is 5.75 Å². The molecule has 0 aliphatic heterocycles. The summed E-state index contributed by atoms with van der Waals surface area (Å²) >= 11 is 0. The molecule has 2 amide bonds. The topological polar surface area (TPSA) is 69.6 Å². The molecule has 17 heavy (non-hydrogen) atoms. The Morgan fingerprint density at radius 3 is 2.59 bits per heavy atom. The largest absolute Gasteiger partial charge is 0.507 e. The van der Waals surface area contributed by atoms with Gasteiger partial charge in [0.05, 0.1) is 12.1 Å². The first kappa shape index (κ1) is 13.0. The number of phenolic OH excluding ortho intramolecular Hbond substituents is 1. The molecule has 0 atom stereocenters. The molecular formula is C12H16N2O3. The molecule has 5 nitrogen and oxygen atoms in total. The summed E-state index contributed by atoms with van der Waals surface area (Å²) in [4.78, 5) is 24.6. The van der Waals surface area contributed by atoms with E-state index in [2.05, 4.69) is 5.32 Å². The van der Waals surface area contributed by atoms with Crippen LogP contribution in [0.25, 0.3) is 0 Å². The van der Waals surface area contributed by atoms with Crippen LogP contribution in [0.5, 0.6) is 5.75 Å². The van der Waals surface area contributed by atoms with Gasteiger partial charge in [0.15, 0.2) is 0 Å². The number of nitrogens with zero attached hydrogens (tertiary/aromatic N) is 1. The molecule has 0 saturated carbocycles. The monoisotopic (exact) mass is 236 g/mol. The van der Waals surface area contributed by atoms with Gasteiger partial charge in [-0.2, -0.15) is 0 Å². The van der Waals surface area contributed by atoms with Crippen LogP contribution in [0.1, 0.15) is 17.3 Å². The van der Waals surface area contributed by atoms with Crippen LogP contribution in [-0.4, -0.2) is 42.0 Å². The van der Waals surface area contributed by atoms with Gasteiger partial charge in [-0.05, 0) is 19.1 Å². The Balaban J connectivity index is 2.57. The van der Waals surface area contributed by atoms with E-state index in [1.807, 2.05) is 6.92 Å². The maximum absolute atomic E-state index is 11.6. The number of likely N-dealkylation sites (N-methyl/N-ethyl adjacent to an activating group) is 1. The Hall–Kier alpha value is -2.04. The molecule has 1 rings (SSSR count). The molecule has 0 aliphatic rings. The number of hydrogen-bond donors (Lipinski definition) is 2. The van der Waals surface area contributed by atoms with Crippen molar-refractivity contribution in [3.05, 3.63) is 29.8 Å². The normalized spacial score (nSPS) is 9.76. The van der Waals surface area contributed by atoms with Gasteiger partial charge in [0.25, 0.3) is 5.91 Å². The summed E-state index contributed by atoms with van der Waals surface area (Å²) in [5.41, 5.74) is 0.166. The molecule has 0 radical (unpaired) electrons. The van der Waals surface area contributed by atoms with Gasteiger partial charge in [0, 0.05) is 13.6 Å². The molecule has 2 N–H and O–H groups in total. The number of carbonyl (C=O) groups is 2. The van der Waals surface area contributed by atoms with Crippen molar-refractivity contribution in [3.63, 3.8) is 0 Å². The minimum Gasteiger partial charge on any atom is -0.507 e. The Labute approximate surface area is 100 Å². The number of amides is 2. The zero-order valence-electron chi connectivity index (χ0n) is 9.93. The molecule has 1 aromatic rings. The van der Waals surface area contributed by atoms with E-state index >= 15 is 0 Å². The molecule has 0 saturated heterocycles. The number of aromatic hydroxyl groups is 1. The number of rotatable bonds is 4. The lowest BCUT2D eigenvalue weighted by Gasteiger charge is -2.14. The second-order valence-electron chi connectivity index (χ2n) is 3.61.